The summed E-state index contributed by atoms with van der Waals surface area (Å²) in [4.78, 5) is 7.93. The number of aromatic nitrogens is 2. The molecule has 0 radical (unpaired) electrons. The van der Waals surface area contributed by atoms with Gasteiger partial charge in [-0.1, -0.05) is 42.5 Å². The number of nitrogens with one attached hydrogen (secondary N) is 2. The molecule has 0 atom stereocenters. The van der Waals surface area contributed by atoms with Gasteiger partial charge in [0, 0.05) is 13.0 Å². The van der Waals surface area contributed by atoms with Gasteiger partial charge in [0.05, 0.1) is 15.9 Å². The maximum absolute atomic E-state index is 12.5. The van der Waals surface area contributed by atoms with E-state index in [4.69, 9.17) is 0 Å². The van der Waals surface area contributed by atoms with Crippen LogP contribution < -0.4 is 4.72 Å². The van der Waals surface area contributed by atoms with E-state index in [2.05, 4.69) is 14.7 Å². The van der Waals surface area contributed by atoms with Gasteiger partial charge in [-0.25, -0.2) is 18.1 Å². The summed E-state index contributed by atoms with van der Waals surface area (Å²) in [6, 6.07) is 20.6. The van der Waals surface area contributed by atoms with Crippen molar-refractivity contribution in [3.8, 4) is 0 Å². The topological polar surface area (TPSA) is 74.8 Å². The van der Waals surface area contributed by atoms with Gasteiger partial charge in [0.15, 0.2) is 0 Å². The second-order valence-corrected chi connectivity index (χ2v) is 7.62. The largest absolute Gasteiger partial charge is 0.342 e. The minimum Gasteiger partial charge on any atom is -0.342 e. The number of fused-ring (bicyclic) bond motifs is 2. The van der Waals surface area contributed by atoms with Crippen LogP contribution in [0.15, 0.2) is 71.6 Å². The van der Waals surface area contributed by atoms with E-state index in [0.29, 0.717) is 6.42 Å². The third-order valence-corrected chi connectivity index (χ3v) is 5.58. The van der Waals surface area contributed by atoms with Crippen LogP contribution in [0.3, 0.4) is 0 Å². The molecule has 6 heteroatoms. The summed E-state index contributed by atoms with van der Waals surface area (Å²) >= 11 is 0. The van der Waals surface area contributed by atoms with E-state index >= 15 is 0 Å². The normalized spacial score (nSPS) is 12.0. The average Bonchev–Trinajstić information content (AvgIpc) is 3.04. The van der Waals surface area contributed by atoms with Gasteiger partial charge in [0.2, 0.25) is 10.0 Å². The number of rotatable bonds is 5. The molecule has 0 aliphatic rings. The molecule has 0 fully saturated rings. The lowest BCUT2D eigenvalue weighted by molar-refractivity contribution is 0.581. The molecule has 0 saturated carbocycles. The minimum atomic E-state index is -3.54. The summed E-state index contributed by atoms with van der Waals surface area (Å²) in [5, 5.41) is 1.92. The van der Waals surface area contributed by atoms with Crippen molar-refractivity contribution in [3.05, 3.63) is 72.6 Å². The quantitative estimate of drug-likeness (QED) is 0.580. The fourth-order valence-corrected chi connectivity index (χ4v) is 3.91. The molecule has 0 spiro atoms. The van der Waals surface area contributed by atoms with Crippen LogP contribution in [-0.2, 0) is 16.4 Å². The smallest absolute Gasteiger partial charge is 0.240 e. The second-order valence-electron chi connectivity index (χ2n) is 5.86. The van der Waals surface area contributed by atoms with Crippen LogP contribution in [0.25, 0.3) is 21.8 Å². The molecule has 2 N–H and O–H groups in total. The second kappa shape index (κ2) is 6.31. The highest BCUT2D eigenvalue weighted by atomic mass is 32.2. The van der Waals surface area contributed by atoms with Crippen molar-refractivity contribution in [2.75, 3.05) is 6.54 Å². The predicted octanol–water partition coefficient (Wildman–Crippen LogP) is 3.24. The van der Waals surface area contributed by atoms with Gasteiger partial charge >= 0.3 is 0 Å². The lowest BCUT2D eigenvalue weighted by atomic mass is 10.1. The van der Waals surface area contributed by atoms with Gasteiger partial charge in [0.1, 0.15) is 5.82 Å². The van der Waals surface area contributed by atoms with E-state index in [1.54, 1.807) is 12.1 Å². The summed E-state index contributed by atoms with van der Waals surface area (Å²) < 4.78 is 27.6. The van der Waals surface area contributed by atoms with Gasteiger partial charge in [-0.3, -0.25) is 0 Å². The third kappa shape index (κ3) is 3.26. The number of para-hydroxylation sites is 2. The van der Waals surface area contributed by atoms with Crippen LogP contribution in [0, 0.1) is 0 Å². The Bertz CT molecular complexity index is 1120. The zero-order chi connectivity index (χ0) is 17.3. The van der Waals surface area contributed by atoms with Gasteiger partial charge in [-0.15, -0.1) is 0 Å². The van der Waals surface area contributed by atoms with Crippen LogP contribution in [0.5, 0.6) is 0 Å². The number of aromatic amines is 1. The summed E-state index contributed by atoms with van der Waals surface area (Å²) in [5.41, 5.74) is 1.84. The Kier molecular flexibility index (Phi) is 3.99. The first-order valence-corrected chi connectivity index (χ1v) is 9.52. The number of imidazole rings is 1. The summed E-state index contributed by atoms with van der Waals surface area (Å²) in [7, 11) is -3.54. The molecule has 4 rings (SSSR count). The van der Waals surface area contributed by atoms with E-state index in [0.717, 1.165) is 27.6 Å². The molecule has 0 unspecified atom stereocenters. The van der Waals surface area contributed by atoms with Crippen molar-refractivity contribution < 1.29 is 8.42 Å². The van der Waals surface area contributed by atoms with Crippen molar-refractivity contribution in [2.45, 2.75) is 11.3 Å². The van der Waals surface area contributed by atoms with E-state index in [9.17, 15) is 8.42 Å². The number of benzene rings is 3. The molecule has 0 saturated heterocycles. The van der Waals surface area contributed by atoms with E-state index < -0.39 is 10.0 Å². The Hall–Kier alpha value is -2.70. The first-order chi connectivity index (χ1) is 12.1. The molecule has 126 valence electrons. The SMILES string of the molecule is O=S(=O)(NCCc1nc2ccccc2[nH]1)c1ccc2ccccc2c1. The van der Waals surface area contributed by atoms with Crippen molar-refractivity contribution in [1.29, 1.82) is 0 Å². The van der Waals surface area contributed by atoms with E-state index in [1.165, 1.54) is 0 Å². The van der Waals surface area contributed by atoms with E-state index in [-0.39, 0.29) is 11.4 Å². The molecule has 3 aromatic carbocycles. The molecule has 0 bridgehead atoms. The first kappa shape index (κ1) is 15.8. The molecular weight excluding hydrogens is 334 g/mol. The Morgan fingerprint density at radius 1 is 0.920 bits per heavy atom. The summed E-state index contributed by atoms with van der Waals surface area (Å²) in [5.74, 6) is 0.766. The van der Waals surface area contributed by atoms with E-state index in [1.807, 2.05) is 54.6 Å². The molecule has 0 aliphatic carbocycles. The molecule has 25 heavy (non-hydrogen) atoms. The minimum absolute atomic E-state index is 0.274. The number of nitrogens with zero attached hydrogens (tertiary/aromatic N) is 1. The van der Waals surface area contributed by atoms with Crippen LogP contribution >= 0.6 is 0 Å². The van der Waals surface area contributed by atoms with Crippen LogP contribution in [-0.4, -0.2) is 24.9 Å². The van der Waals surface area contributed by atoms with Crippen molar-refractivity contribution >= 4 is 31.8 Å². The maximum Gasteiger partial charge on any atom is 0.240 e. The zero-order valence-corrected chi connectivity index (χ0v) is 14.3. The molecule has 0 amide bonds. The highest BCUT2D eigenvalue weighted by Gasteiger charge is 2.14. The summed E-state index contributed by atoms with van der Waals surface area (Å²) in [6.45, 7) is 0.287. The number of hydrogen-bond donors (Lipinski definition) is 2. The summed E-state index contributed by atoms with van der Waals surface area (Å²) in [6.07, 6.45) is 0.501. The number of H-pyrrole nitrogens is 1. The van der Waals surface area contributed by atoms with Crippen molar-refractivity contribution in [3.63, 3.8) is 0 Å². The molecule has 1 heterocycles. The van der Waals surface area contributed by atoms with Gasteiger partial charge < -0.3 is 4.98 Å². The fraction of sp³-hybridized carbons (Fsp3) is 0.105. The lowest BCUT2D eigenvalue weighted by Crippen LogP contribution is -2.26. The molecule has 1 aromatic heterocycles. The molecule has 0 aliphatic heterocycles. The highest BCUT2D eigenvalue weighted by molar-refractivity contribution is 7.89. The standard InChI is InChI=1S/C19H17N3O2S/c23-25(24,16-10-9-14-5-1-2-6-15(14)13-16)20-12-11-19-21-17-7-3-4-8-18(17)22-19/h1-10,13,20H,11-12H2,(H,21,22). The van der Waals surface area contributed by atoms with Gasteiger partial charge in [-0.05, 0) is 35.0 Å². The molecule has 4 aromatic rings. The first-order valence-electron chi connectivity index (χ1n) is 8.04. The Labute approximate surface area is 145 Å². The number of sulfonamides is 1. The van der Waals surface area contributed by atoms with Crippen molar-refractivity contribution in [2.24, 2.45) is 0 Å². The van der Waals surface area contributed by atoms with Crippen LogP contribution in [0.1, 0.15) is 5.82 Å². The van der Waals surface area contributed by atoms with Crippen LogP contribution in [0.4, 0.5) is 0 Å². The monoisotopic (exact) mass is 351 g/mol. The Morgan fingerprint density at radius 3 is 2.52 bits per heavy atom. The predicted molar refractivity (Wildman–Crippen MR) is 98.9 cm³/mol. The fourth-order valence-electron chi connectivity index (χ4n) is 2.85. The number of hydrogen-bond acceptors (Lipinski definition) is 3. The molecule has 5 nitrogen and oxygen atoms in total. The Morgan fingerprint density at radius 2 is 1.68 bits per heavy atom. The average molecular weight is 351 g/mol. The highest BCUT2D eigenvalue weighted by Crippen LogP contribution is 2.18. The Balaban J connectivity index is 1.48. The lowest BCUT2D eigenvalue weighted by Gasteiger charge is -2.07. The van der Waals surface area contributed by atoms with Crippen molar-refractivity contribution in [1.82, 2.24) is 14.7 Å². The van der Waals surface area contributed by atoms with Crippen LogP contribution in [0.2, 0.25) is 0 Å². The van der Waals surface area contributed by atoms with Gasteiger partial charge in [-0.2, -0.15) is 0 Å². The van der Waals surface area contributed by atoms with Gasteiger partial charge in [0.25, 0.3) is 0 Å². The molecular formula is C19H17N3O2S. The third-order valence-electron chi connectivity index (χ3n) is 4.12. The zero-order valence-electron chi connectivity index (χ0n) is 13.4. The maximum atomic E-state index is 12.5.